The Balaban J connectivity index is 2.05. The van der Waals surface area contributed by atoms with Crippen LogP contribution in [0.2, 0.25) is 0 Å². The SMILES string of the molecule is C=CCOc1c(I)cc(Br)cc1C=NN=C(N)SCc1ccccc1. The van der Waals surface area contributed by atoms with Gasteiger partial charge in [-0.15, -0.1) is 5.10 Å². The summed E-state index contributed by atoms with van der Waals surface area (Å²) < 4.78 is 7.63. The van der Waals surface area contributed by atoms with Crippen LogP contribution in [0.25, 0.3) is 0 Å². The molecule has 2 aromatic rings. The fourth-order valence-electron chi connectivity index (χ4n) is 1.88. The lowest BCUT2D eigenvalue weighted by molar-refractivity contribution is 0.360. The minimum Gasteiger partial charge on any atom is -0.488 e. The van der Waals surface area contributed by atoms with E-state index in [1.165, 1.54) is 17.3 Å². The van der Waals surface area contributed by atoms with Crippen LogP contribution in [0.3, 0.4) is 0 Å². The van der Waals surface area contributed by atoms with Crippen molar-refractivity contribution in [1.29, 1.82) is 0 Å². The lowest BCUT2D eigenvalue weighted by Gasteiger charge is -2.09. The maximum absolute atomic E-state index is 5.91. The molecule has 0 atom stereocenters. The van der Waals surface area contributed by atoms with Crippen molar-refractivity contribution >= 4 is 61.7 Å². The third-order valence-corrected chi connectivity index (χ3v) is 5.08. The number of hydrogen-bond donors (Lipinski definition) is 1. The number of benzene rings is 2. The van der Waals surface area contributed by atoms with Crippen LogP contribution in [0.4, 0.5) is 0 Å². The van der Waals surface area contributed by atoms with E-state index in [9.17, 15) is 0 Å². The first-order valence-corrected chi connectivity index (χ1v) is 10.2. The number of ether oxygens (including phenoxy) is 1. The summed E-state index contributed by atoms with van der Waals surface area (Å²) >= 11 is 7.15. The molecule has 0 saturated heterocycles. The molecule has 0 radical (unpaired) electrons. The third-order valence-electron chi connectivity index (χ3n) is 2.97. The zero-order chi connectivity index (χ0) is 18.1. The van der Waals surface area contributed by atoms with Crippen molar-refractivity contribution in [3.05, 3.63) is 74.3 Å². The first kappa shape index (κ1) is 20.0. The highest BCUT2D eigenvalue weighted by atomic mass is 127. The van der Waals surface area contributed by atoms with Crippen LogP contribution in [-0.2, 0) is 5.75 Å². The van der Waals surface area contributed by atoms with Gasteiger partial charge in [0, 0.05) is 15.8 Å². The van der Waals surface area contributed by atoms with E-state index in [1.54, 1.807) is 12.3 Å². The fraction of sp³-hybridized carbons (Fsp3) is 0.111. The molecule has 2 rings (SSSR count). The standard InChI is InChI=1S/C18H17BrIN3OS/c1-2-8-24-17-14(9-15(19)10-16(17)20)11-22-23-18(21)25-12-13-6-4-3-5-7-13/h2-7,9-11H,1,8,12H2,(H2,21,23). The molecule has 0 unspecified atom stereocenters. The van der Waals surface area contributed by atoms with Crippen molar-refractivity contribution in [3.63, 3.8) is 0 Å². The number of rotatable bonds is 7. The van der Waals surface area contributed by atoms with Crippen LogP contribution < -0.4 is 10.5 Å². The van der Waals surface area contributed by atoms with E-state index in [-0.39, 0.29) is 0 Å². The molecule has 0 heterocycles. The molecule has 2 N–H and O–H groups in total. The van der Waals surface area contributed by atoms with Crippen molar-refractivity contribution in [1.82, 2.24) is 0 Å². The van der Waals surface area contributed by atoms with Crippen molar-refractivity contribution in [3.8, 4) is 5.75 Å². The highest BCUT2D eigenvalue weighted by Crippen LogP contribution is 2.29. The van der Waals surface area contributed by atoms with Gasteiger partial charge >= 0.3 is 0 Å². The number of nitrogens with zero attached hydrogens (tertiary/aromatic N) is 2. The van der Waals surface area contributed by atoms with Crippen molar-refractivity contribution < 1.29 is 4.74 Å². The van der Waals surface area contributed by atoms with Crippen LogP contribution in [0.5, 0.6) is 5.75 Å². The zero-order valence-electron chi connectivity index (χ0n) is 13.4. The Morgan fingerprint density at radius 3 is 2.80 bits per heavy atom. The summed E-state index contributed by atoms with van der Waals surface area (Å²) in [4.78, 5) is 0. The van der Waals surface area contributed by atoms with Crippen LogP contribution in [0.15, 0.2) is 69.8 Å². The van der Waals surface area contributed by atoms with E-state index in [2.05, 4.69) is 67.4 Å². The molecule has 0 fully saturated rings. The Bertz CT molecular complexity index is 781. The summed E-state index contributed by atoms with van der Waals surface area (Å²) in [5.74, 6) is 1.51. The summed E-state index contributed by atoms with van der Waals surface area (Å²) in [6.45, 7) is 4.10. The van der Waals surface area contributed by atoms with Crippen LogP contribution in [0, 0.1) is 3.57 Å². The lowest BCUT2D eigenvalue weighted by atomic mass is 10.2. The molecule has 0 aromatic heterocycles. The van der Waals surface area contributed by atoms with Gasteiger partial charge in [0.15, 0.2) is 5.17 Å². The van der Waals surface area contributed by atoms with Gasteiger partial charge < -0.3 is 10.5 Å². The maximum Gasteiger partial charge on any atom is 0.180 e. The minimum absolute atomic E-state index is 0.415. The molecule has 2 aromatic carbocycles. The molecule has 25 heavy (non-hydrogen) atoms. The monoisotopic (exact) mass is 529 g/mol. The summed E-state index contributed by atoms with van der Waals surface area (Å²) in [5.41, 5.74) is 7.92. The lowest BCUT2D eigenvalue weighted by Crippen LogP contribution is -2.06. The van der Waals surface area contributed by atoms with Gasteiger partial charge in [-0.3, -0.25) is 0 Å². The molecule has 0 bridgehead atoms. The van der Waals surface area contributed by atoms with Gasteiger partial charge in [0.1, 0.15) is 12.4 Å². The summed E-state index contributed by atoms with van der Waals surface area (Å²) in [5, 5.41) is 8.56. The van der Waals surface area contributed by atoms with Crippen LogP contribution >= 0.6 is 50.3 Å². The number of halogens is 2. The van der Waals surface area contributed by atoms with E-state index >= 15 is 0 Å². The molecule has 4 nitrogen and oxygen atoms in total. The second kappa shape index (κ2) is 10.6. The van der Waals surface area contributed by atoms with Gasteiger partial charge in [0.2, 0.25) is 0 Å². The second-order valence-electron chi connectivity index (χ2n) is 4.86. The molecule has 0 amide bonds. The largest absolute Gasteiger partial charge is 0.488 e. The Morgan fingerprint density at radius 1 is 1.32 bits per heavy atom. The molecular formula is C18H17BrIN3OS. The molecule has 7 heteroatoms. The van der Waals surface area contributed by atoms with Gasteiger partial charge in [-0.25, -0.2) is 0 Å². The molecule has 130 valence electrons. The summed E-state index contributed by atoms with van der Waals surface area (Å²) in [6, 6.07) is 14.0. The van der Waals surface area contributed by atoms with Crippen molar-refractivity contribution in [2.75, 3.05) is 6.61 Å². The fourth-order valence-corrected chi connectivity index (χ4v) is 4.20. The average molecular weight is 530 g/mol. The Kier molecular flexibility index (Phi) is 8.50. The number of amidine groups is 1. The predicted octanol–water partition coefficient (Wildman–Crippen LogP) is 5.20. The Hall–Kier alpha value is -1.32. The number of hydrogen-bond acceptors (Lipinski definition) is 4. The molecule has 0 aliphatic carbocycles. The van der Waals surface area contributed by atoms with E-state index in [4.69, 9.17) is 10.5 Å². The van der Waals surface area contributed by atoms with Crippen molar-refractivity contribution in [2.45, 2.75) is 5.75 Å². The highest BCUT2D eigenvalue weighted by molar-refractivity contribution is 14.1. The molecule has 0 saturated carbocycles. The smallest absolute Gasteiger partial charge is 0.180 e. The van der Waals surface area contributed by atoms with Gasteiger partial charge in [-0.1, -0.05) is 70.7 Å². The van der Waals surface area contributed by atoms with Crippen LogP contribution in [0.1, 0.15) is 11.1 Å². The van der Waals surface area contributed by atoms with Gasteiger partial charge in [0.05, 0.1) is 9.78 Å². The summed E-state index contributed by atoms with van der Waals surface area (Å²) in [7, 11) is 0. The van der Waals surface area contributed by atoms with E-state index in [0.29, 0.717) is 11.8 Å². The van der Waals surface area contributed by atoms with E-state index in [1.807, 2.05) is 30.3 Å². The molecular weight excluding hydrogens is 513 g/mol. The highest BCUT2D eigenvalue weighted by Gasteiger charge is 2.08. The Morgan fingerprint density at radius 2 is 2.08 bits per heavy atom. The van der Waals surface area contributed by atoms with Crippen molar-refractivity contribution in [2.24, 2.45) is 15.9 Å². The average Bonchev–Trinajstić information content (AvgIpc) is 2.60. The van der Waals surface area contributed by atoms with Crippen LogP contribution in [-0.4, -0.2) is 18.0 Å². The predicted molar refractivity (Wildman–Crippen MR) is 120 cm³/mol. The first-order valence-electron chi connectivity index (χ1n) is 7.36. The van der Waals surface area contributed by atoms with E-state index < -0.39 is 0 Å². The molecule has 0 aliphatic heterocycles. The third kappa shape index (κ3) is 6.83. The van der Waals surface area contributed by atoms with E-state index in [0.717, 1.165) is 25.1 Å². The van der Waals surface area contributed by atoms with Gasteiger partial charge in [0.25, 0.3) is 0 Å². The normalized spacial score (nSPS) is 11.7. The Labute approximate surface area is 173 Å². The van der Waals surface area contributed by atoms with Gasteiger partial charge in [-0.2, -0.15) is 5.10 Å². The number of thioether (sulfide) groups is 1. The number of nitrogens with two attached hydrogens (primary N) is 1. The second-order valence-corrected chi connectivity index (χ2v) is 7.94. The van der Waals surface area contributed by atoms with Gasteiger partial charge in [-0.05, 0) is 40.3 Å². The quantitative estimate of drug-likeness (QED) is 0.176. The molecule has 0 spiro atoms. The molecule has 0 aliphatic rings. The maximum atomic E-state index is 5.91. The topological polar surface area (TPSA) is 60.0 Å². The zero-order valence-corrected chi connectivity index (χ0v) is 17.9. The first-order chi connectivity index (χ1) is 12.1. The minimum atomic E-state index is 0.415. The summed E-state index contributed by atoms with van der Waals surface area (Å²) in [6.07, 6.45) is 3.34.